The van der Waals surface area contributed by atoms with Gasteiger partial charge in [0.05, 0.1) is 6.04 Å². The van der Waals surface area contributed by atoms with Gasteiger partial charge in [-0.05, 0) is 44.3 Å². The van der Waals surface area contributed by atoms with Gasteiger partial charge in [0.2, 0.25) is 5.91 Å². The third-order valence-electron chi connectivity index (χ3n) is 4.86. The molecule has 1 aromatic heterocycles. The zero-order valence-corrected chi connectivity index (χ0v) is 14.0. The van der Waals surface area contributed by atoms with Crippen molar-refractivity contribution in [3.63, 3.8) is 0 Å². The highest BCUT2D eigenvalue weighted by Crippen LogP contribution is 2.25. The Morgan fingerprint density at radius 1 is 1.38 bits per heavy atom. The normalized spacial score (nSPS) is 25.7. The molecule has 2 aliphatic heterocycles. The number of nitrogens with zero attached hydrogens (tertiary/aromatic N) is 3. The molecule has 116 valence electrons. The van der Waals surface area contributed by atoms with Gasteiger partial charge in [-0.25, -0.2) is 0 Å². The van der Waals surface area contributed by atoms with Crippen LogP contribution in [-0.4, -0.2) is 65.9 Å². The highest BCUT2D eigenvalue weighted by atomic mass is 32.1. The summed E-state index contributed by atoms with van der Waals surface area (Å²) in [7, 11) is 2.16. The Balaban J connectivity index is 1.65. The molecule has 3 rings (SSSR count). The summed E-state index contributed by atoms with van der Waals surface area (Å²) in [5.74, 6) is 0.295. The summed E-state index contributed by atoms with van der Waals surface area (Å²) < 4.78 is 0. The molecule has 0 saturated carbocycles. The van der Waals surface area contributed by atoms with Crippen molar-refractivity contribution < 1.29 is 4.79 Å². The molecular formula is C16H25N3OS. The van der Waals surface area contributed by atoms with Gasteiger partial charge < -0.3 is 9.80 Å². The second kappa shape index (κ2) is 6.07. The first kappa shape index (κ1) is 15.0. The van der Waals surface area contributed by atoms with Crippen molar-refractivity contribution in [1.29, 1.82) is 0 Å². The van der Waals surface area contributed by atoms with Gasteiger partial charge in [-0.15, -0.1) is 11.3 Å². The first-order valence-corrected chi connectivity index (χ1v) is 8.72. The van der Waals surface area contributed by atoms with Crippen LogP contribution in [0.15, 0.2) is 11.4 Å². The van der Waals surface area contributed by atoms with Gasteiger partial charge in [-0.1, -0.05) is 0 Å². The minimum Gasteiger partial charge on any atom is -0.337 e. The monoisotopic (exact) mass is 307 g/mol. The molecule has 1 aromatic rings. The van der Waals surface area contributed by atoms with Crippen molar-refractivity contribution in [3.8, 4) is 0 Å². The second-order valence-corrected chi connectivity index (χ2v) is 7.40. The number of rotatable bonds is 2. The number of carbonyl (C=O) groups is 1. The van der Waals surface area contributed by atoms with Crippen LogP contribution < -0.4 is 0 Å². The standard InChI is InChI=1S/C16H25N3OS/c1-12-10-17(3)7-8-19(12)13(2)16(20)18-6-4-15-14(11-18)5-9-21-15/h5,9,12-13H,4,6-8,10-11H2,1-3H3/t12-,13-/m1/s1. The molecule has 0 radical (unpaired) electrons. The molecular weight excluding hydrogens is 282 g/mol. The first-order chi connectivity index (χ1) is 10.1. The topological polar surface area (TPSA) is 26.8 Å². The highest BCUT2D eigenvalue weighted by Gasteiger charge is 2.33. The van der Waals surface area contributed by atoms with E-state index in [1.165, 1.54) is 10.4 Å². The van der Waals surface area contributed by atoms with E-state index in [-0.39, 0.29) is 6.04 Å². The molecule has 0 aromatic carbocycles. The summed E-state index contributed by atoms with van der Waals surface area (Å²) in [6.45, 7) is 9.06. The molecule has 3 heterocycles. The van der Waals surface area contributed by atoms with Gasteiger partial charge >= 0.3 is 0 Å². The number of thiophene rings is 1. The Labute approximate surface area is 131 Å². The Kier molecular flexibility index (Phi) is 4.33. The van der Waals surface area contributed by atoms with E-state index < -0.39 is 0 Å². The van der Waals surface area contributed by atoms with E-state index in [0.29, 0.717) is 11.9 Å². The van der Waals surface area contributed by atoms with E-state index in [4.69, 9.17) is 0 Å². The molecule has 0 spiro atoms. The molecule has 0 N–H and O–H groups in total. The predicted molar refractivity (Wildman–Crippen MR) is 86.6 cm³/mol. The van der Waals surface area contributed by atoms with Crippen LogP contribution in [0, 0.1) is 0 Å². The van der Waals surface area contributed by atoms with E-state index in [1.54, 1.807) is 0 Å². The fourth-order valence-electron chi connectivity index (χ4n) is 3.57. The molecule has 1 fully saturated rings. The fourth-order valence-corrected chi connectivity index (χ4v) is 4.46. The molecule has 0 unspecified atom stereocenters. The van der Waals surface area contributed by atoms with Crippen LogP contribution in [0.25, 0.3) is 0 Å². The van der Waals surface area contributed by atoms with Gasteiger partial charge in [-0.3, -0.25) is 9.69 Å². The molecule has 4 nitrogen and oxygen atoms in total. The third kappa shape index (κ3) is 3.00. The van der Waals surface area contributed by atoms with E-state index in [0.717, 1.165) is 39.1 Å². The summed E-state index contributed by atoms with van der Waals surface area (Å²) >= 11 is 1.82. The zero-order valence-electron chi connectivity index (χ0n) is 13.2. The number of hydrogen-bond acceptors (Lipinski definition) is 4. The molecule has 21 heavy (non-hydrogen) atoms. The van der Waals surface area contributed by atoms with Gasteiger partial charge in [0.1, 0.15) is 0 Å². The largest absolute Gasteiger partial charge is 0.337 e. The quantitative estimate of drug-likeness (QED) is 0.831. The van der Waals surface area contributed by atoms with Crippen molar-refractivity contribution in [3.05, 3.63) is 21.9 Å². The molecule has 2 aliphatic rings. The summed E-state index contributed by atoms with van der Waals surface area (Å²) in [4.78, 5) is 21.0. The number of piperazine rings is 1. The Hall–Kier alpha value is -0.910. The van der Waals surface area contributed by atoms with Crippen molar-refractivity contribution in [2.75, 3.05) is 33.2 Å². The summed E-state index contributed by atoms with van der Waals surface area (Å²) in [6, 6.07) is 2.61. The highest BCUT2D eigenvalue weighted by molar-refractivity contribution is 7.10. The average Bonchev–Trinajstić information content (AvgIpc) is 2.93. The van der Waals surface area contributed by atoms with E-state index in [1.807, 2.05) is 16.2 Å². The lowest BCUT2D eigenvalue weighted by Gasteiger charge is -2.42. The van der Waals surface area contributed by atoms with E-state index >= 15 is 0 Å². The maximum Gasteiger partial charge on any atom is 0.239 e. The van der Waals surface area contributed by atoms with Gasteiger partial charge in [-0.2, -0.15) is 0 Å². The van der Waals surface area contributed by atoms with Gasteiger partial charge in [0, 0.05) is 43.6 Å². The van der Waals surface area contributed by atoms with E-state index in [9.17, 15) is 4.79 Å². The van der Waals surface area contributed by atoms with Gasteiger partial charge in [0.15, 0.2) is 0 Å². The van der Waals surface area contributed by atoms with Crippen LogP contribution >= 0.6 is 11.3 Å². The molecule has 0 aliphatic carbocycles. The van der Waals surface area contributed by atoms with Gasteiger partial charge in [0.25, 0.3) is 0 Å². The zero-order chi connectivity index (χ0) is 15.0. The first-order valence-electron chi connectivity index (χ1n) is 7.84. The van der Waals surface area contributed by atoms with Crippen molar-refractivity contribution >= 4 is 17.2 Å². The maximum absolute atomic E-state index is 12.8. The van der Waals surface area contributed by atoms with Crippen LogP contribution in [0.1, 0.15) is 24.3 Å². The fraction of sp³-hybridized carbons (Fsp3) is 0.688. The Morgan fingerprint density at radius 2 is 2.19 bits per heavy atom. The van der Waals surface area contributed by atoms with Crippen LogP contribution in [0.4, 0.5) is 0 Å². The van der Waals surface area contributed by atoms with Crippen molar-refractivity contribution in [2.24, 2.45) is 0 Å². The van der Waals surface area contributed by atoms with Crippen LogP contribution in [-0.2, 0) is 17.8 Å². The number of carbonyl (C=O) groups excluding carboxylic acids is 1. The smallest absolute Gasteiger partial charge is 0.239 e. The number of amides is 1. The van der Waals surface area contributed by atoms with Crippen LogP contribution in [0.2, 0.25) is 0 Å². The minimum atomic E-state index is -0.00566. The molecule has 1 saturated heterocycles. The Bertz CT molecular complexity index is 515. The SMILES string of the molecule is C[C@@H]1CN(C)CCN1[C@H](C)C(=O)N1CCc2sccc2C1. The van der Waals surface area contributed by atoms with Crippen LogP contribution in [0.3, 0.4) is 0 Å². The summed E-state index contributed by atoms with van der Waals surface area (Å²) in [6.07, 6.45) is 1.02. The lowest BCUT2D eigenvalue weighted by atomic mass is 10.1. The number of hydrogen-bond donors (Lipinski definition) is 0. The second-order valence-electron chi connectivity index (χ2n) is 6.40. The molecule has 5 heteroatoms. The minimum absolute atomic E-state index is 0.00566. The number of fused-ring (bicyclic) bond motifs is 1. The Morgan fingerprint density at radius 3 is 2.95 bits per heavy atom. The van der Waals surface area contributed by atoms with Crippen LogP contribution in [0.5, 0.6) is 0 Å². The molecule has 1 amide bonds. The predicted octanol–water partition coefficient (Wildman–Crippen LogP) is 1.66. The lowest BCUT2D eigenvalue weighted by molar-refractivity contribution is -0.139. The molecule has 2 atom stereocenters. The summed E-state index contributed by atoms with van der Waals surface area (Å²) in [5, 5.41) is 2.14. The van der Waals surface area contributed by atoms with Crippen molar-refractivity contribution in [1.82, 2.24) is 14.7 Å². The average molecular weight is 307 g/mol. The summed E-state index contributed by atoms with van der Waals surface area (Å²) in [5.41, 5.74) is 1.35. The maximum atomic E-state index is 12.8. The molecule has 0 bridgehead atoms. The third-order valence-corrected chi connectivity index (χ3v) is 5.88. The lowest BCUT2D eigenvalue weighted by Crippen LogP contribution is -2.58. The number of likely N-dealkylation sites (N-methyl/N-ethyl adjacent to an activating group) is 1. The van der Waals surface area contributed by atoms with Crippen molar-refractivity contribution in [2.45, 2.75) is 38.9 Å². The van der Waals surface area contributed by atoms with E-state index in [2.05, 4.69) is 42.1 Å².